The topological polar surface area (TPSA) is 84.0 Å². The average Bonchev–Trinajstić information content (AvgIpc) is 2.74. The molecule has 0 saturated heterocycles. The number of hydrogen-bond donors (Lipinski definition) is 2. The molecule has 2 heterocycles. The van der Waals surface area contributed by atoms with E-state index in [1.54, 1.807) is 18.5 Å². The Morgan fingerprint density at radius 2 is 1.83 bits per heavy atom. The first-order valence-electron chi connectivity index (χ1n) is 8.97. The summed E-state index contributed by atoms with van der Waals surface area (Å²) < 4.78 is 14.8. The number of carbonyl (C=O) groups is 2. The van der Waals surface area contributed by atoms with Gasteiger partial charge in [-0.25, -0.2) is 9.37 Å². The summed E-state index contributed by atoms with van der Waals surface area (Å²) in [4.78, 5) is 32.3. The van der Waals surface area contributed by atoms with Gasteiger partial charge >= 0.3 is 0 Å². The van der Waals surface area contributed by atoms with Crippen molar-refractivity contribution in [1.82, 2.24) is 15.3 Å². The summed E-state index contributed by atoms with van der Waals surface area (Å²) in [6.45, 7) is 1.94. The van der Waals surface area contributed by atoms with Crippen LogP contribution < -0.4 is 10.6 Å². The standard InChI is InChI=1S/C21H17Cl2FN4O2/c1-3-11-9-26-5-4-13(11)14-7-16(22)15(8-18(14)24)20(29)28-12-6-17(23)19(27-10-12)21(30)25-2/h4-10H,3H2,1-2H3,(H,25,30)(H,28,29). The monoisotopic (exact) mass is 446 g/mol. The van der Waals surface area contributed by atoms with E-state index in [1.165, 1.54) is 25.4 Å². The number of pyridine rings is 2. The zero-order valence-corrected chi connectivity index (χ0v) is 17.6. The van der Waals surface area contributed by atoms with Crippen molar-refractivity contribution < 1.29 is 14.0 Å². The lowest BCUT2D eigenvalue weighted by molar-refractivity contribution is 0.0957. The summed E-state index contributed by atoms with van der Waals surface area (Å²) in [5.41, 5.74) is 2.03. The zero-order chi connectivity index (χ0) is 21.8. The number of hydrogen-bond acceptors (Lipinski definition) is 4. The van der Waals surface area contributed by atoms with Crippen molar-refractivity contribution in [3.63, 3.8) is 0 Å². The van der Waals surface area contributed by atoms with Gasteiger partial charge in [-0.15, -0.1) is 0 Å². The number of aromatic nitrogens is 2. The highest BCUT2D eigenvalue weighted by atomic mass is 35.5. The van der Waals surface area contributed by atoms with Crippen LogP contribution >= 0.6 is 23.2 Å². The fourth-order valence-electron chi connectivity index (χ4n) is 2.89. The molecule has 154 valence electrons. The van der Waals surface area contributed by atoms with E-state index in [-0.39, 0.29) is 32.6 Å². The fourth-order valence-corrected chi connectivity index (χ4v) is 3.39. The Hall–Kier alpha value is -3.03. The molecule has 0 aliphatic rings. The third-order valence-corrected chi connectivity index (χ3v) is 5.02. The molecule has 1 aromatic carbocycles. The van der Waals surface area contributed by atoms with Gasteiger partial charge < -0.3 is 10.6 Å². The maximum Gasteiger partial charge on any atom is 0.271 e. The van der Waals surface area contributed by atoms with Crippen LogP contribution in [0.1, 0.15) is 33.3 Å². The number of benzene rings is 1. The van der Waals surface area contributed by atoms with Crippen molar-refractivity contribution in [3.05, 3.63) is 75.5 Å². The van der Waals surface area contributed by atoms with E-state index in [1.807, 2.05) is 6.92 Å². The minimum Gasteiger partial charge on any atom is -0.354 e. The molecular weight excluding hydrogens is 430 g/mol. The molecule has 30 heavy (non-hydrogen) atoms. The molecule has 0 atom stereocenters. The molecule has 0 aliphatic heterocycles. The SMILES string of the molecule is CCc1cnccc1-c1cc(Cl)c(C(=O)Nc2cnc(C(=O)NC)c(Cl)c2)cc1F. The van der Waals surface area contributed by atoms with Gasteiger partial charge in [0.25, 0.3) is 11.8 Å². The van der Waals surface area contributed by atoms with Crippen molar-refractivity contribution in [2.24, 2.45) is 0 Å². The molecule has 0 spiro atoms. The van der Waals surface area contributed by atoms with Gasteiger partial charge in [-0.05, 0) is 41.8 Å². The lowest BCUT2D eigenvalue weighted by Gasteiger charge is -2.12. The number of carbonyl (C=O) groups excluding carboxylic acids is 2. The van der Waals surface area contributed by atoms with Gasteiger partial charge in [0.05, 0.1) is 27.5 Å². The third kappa shape index (κ3) is 4.42. The Bertz CT molecular complexity index is 1140. The lowest BCUT2D eigenvalue weighted by atomic mass is 9.98. The molecule has 0 unspecified atom stereocenters. The lowest BCUT2D eigenvalue weighted by Crippen LogP contribution is -2.20. The number of nitrogens with zero attached hydrogens (tertiary/aromatic N) is 2. The first-order chi connectivity index (χ1) is 14.3. The van der Waals surface area contributed by atoms with Gasteiger partial charge in [-0.2, -0.15) is 0 Å². The summed E-state index contributed by atoms with van der Waals surface area (Å²) in [5, 5.41) is 5.11. The van der Waals surface area contributed by atoms with Gasteiger partial charge in [0.15, 0.2) is 0 Å². The largest absolute Gasteiger partial charge is 0.354 e. The smallest absolute Gasteiger partial charge is 0.271 e. The van der Waals surface area contributed by atoms with Crippen LogP contribution in [0.3, 0.4) is 0 Å². The summed E-state index contributed by atoms with van der Waals surface area (Å²) in [7, 11) is 1.45. The number of aryl methyl sites for hydroxylation is 1. The molecular formula is C21H17Cl2FN4O2. The van der Waals surface area contributed by atoms with Crippen molar-refractivity contribution in [2.75, 3.05) is 12.4 Å². The van der Waals surface area contributed by atoms with Crippen LogP contribution in [0.15, 0.2) is 42.9 Å². The van der Waals surface area contributed by atoms with Crippen LogP contribution in [-0.4, -0.2) is 28.8 Å². The molecule has 2 N–H and O–H groups in total. The molecule has 3 rings (SSSR count). The van der Waals surface area contributed by atoms with Crippen molar-refractivity contribution in [3.8, 4) is 11.1 Å². The zero-order valence-electron chi connectivity index (χ0n) is 16.1. The Kier molecular flexibility index (Phi) is 6.64. The number of halogens is 3. The number of rotatable bonds is 5. The van der Waals surface area contributed by atoms with E-state index in [9.17, 15) is 14.0 Å². The maximum absolute atomic E-state index is 14.8. The van der Waals surface area contributed by atoms with Crippen LogP contribution in [0.25, 0.3) is 11.1 Å². The Balaban J connectivity index is 1.90. The molecule has 3 aromatic rings. The Labute approximate surface area is 182 Å². The second-order valence-corrected chi connectivity index (χ2v) is 7.10. The molecule has 0 bridgehead atoms. The molecule has 2 aromatic heterocycles. The summed E-state index contributed by atoms with van der Waals surface area (Å²) in [6, 6.07) is 5.58. The Morgan fingerprint density at radius 1 is 1.07 bits per heavy atom. The summed E-state index contributed by atoms with van der Waals surface area (Å²) in [6.07, 6.45) is 5.18. The van der Waals surface area contributed by atoms with E-state index >= 15 is 0 Å². The highest BCUT2D eigenvalue weighted by molar-refractivity contribution is 6.35. The maximum atomic E-state index is 14.8. The normalized spacial score (nSPS) is 10.6. The minimum atomic E-state index is -0.638. The highest BCUT2D eigenvalue weighted by Crippen LogP contribution is 2.31. The van der Waals surface area contributed by atoms with Gasteiger partial charge in [-0.1, -0.05) is 30.1 Å². The first kappa shape index (κ1) is 21.7. The molecule has 9 heteroatoms. The number of nitrogens with one attached hydrogen (secondary N) is 2. The van der Waals surface area contributed by atoms with Crippen LogP contribution in [0.2, 0.25) is 10.0 Å². The predicted octanol–water partition coefficient (Wildman–Crippen LogP) is 4.76. The molecule has 0 aliphatic carbocycles. The second-order valence-electron chi connectivity index (χ2n) is 6.29. The van der Waals surface area contributed by atoms with E-state index in [4.69, 9.17) is 23.2 Å². The summed E-state index contributed by atoms with van der Waals surface area (Å²) in [5.74, 6) is -1.68. The highest BCUT2D eigenvalue weighted by Gasteiger charge is 2.18. The van der Waals surface area contributed by atoms with Gasteiger partial charge in [0.1, 0.15) is 11.5 Å². The molecule has 0 radical (unpaired) electrons. The number of anilines is 1. The van der Waals surface area contributed by atoms with Crippen LogP contribution in [0, 0.1) is 5.82 Å². The average molecular weight is 447 g/mol. The predicted molar refractivity (Wildman–Crippen MR) is 115 cm³/mol. The molecule has 2 amide bonds. The minimum absolute atomic E-state index is 0.0228. The fraction of sp³-hybridized carbons (Fsp3) is 0.143. The van der Waals surface area contributed by atoms with Gasteiger partial charge in [0.2, 0.25) is 0 Å². The third-order valence-electron chi connectivity index (χ3n) is 4.42. The first-order valence-corrected chi connectivity index (χ1v) is 9.72. The van der Waals surface area contributed by atoms with Gasteiger partial charge in [-0.3, -0.25) is 14.6 Å². The van der Waals surface area contributed by atoms with Crippen molar-refractivity contribution in [2.45, 2.75) is 13.3 Å². The van der Waals surface area contributed by atoms with E-state index in [0.717, 1.165) is 11.6 Å². The van der Waals surface area contributed by atoms with E-state index < -0.39 is 17.6 Å². The Morgan fingerprint density at radius 3 is 2.50 bits per heavy atom. The second kappa shape index (κ2) is 9.19. The molecule has 0 fully saturated rings. The molecule has 0 saturated carbocycles. The van der Waals surface area contributed by atoms with Crippen LogP contribution in [-0.2, 0) is 6.42 Å². The van der Waals surface area contributed by atoms with Crippen LogP contribution in [0.4, 0.5) is 10.1 Å². The van der Waals surface area contributed by atoms with E-state index in [2.05, 4.69) is 20.6 Å². The van der Waals surface area contributed by atoms with Crippen LogP contribution in [0.5, 0.6) is 0 Å². The van der Waals surface area contributed by atoms with E-state index in [0.29, 0.717) is 12.0 Å². The van der Waals surface area contributed by atoms with Crippen molar-refractivity contribution >= 4 is 40.7 Å². The molecule has 6 nitrogen and oxygen atoms in total. The van der Waals surface area contributed by atoms with Crippen molar-refractivity contribution in [1.29, 1.82) is 0 Å². The van der Waals surface area contributed by atoms with Gasteiger partial charge in [0, 0.05) is 25.0 Å². The quantitative estimate of drug-likeness (QED) is 0.591. The summed E-state index contributed by atoms with van der Waals surface area (Å²) >= 11 is 12.3. The number of amides is 2.